The van der Waals surface area contributed by atoms with Gasteiger partial charge in [-0.25, -0.2) is 4.79 Å². The number of allylic oxidation sites excluding steroid dienone is 1. The van der Waals surface area contributed by atoms with Crippen molar-refractivity contribution in [1.82, 2.24) is 9.88 Å². The number of fused-ring (bicyclic) bond motifs is 1. The molecule has 0 saturated heterocycles. The second-order valence-electron chi connectivity index (χ2n) is 4.49. The SMILES string of the molecule is COC(=O)c1c[nH]c2c1CCC(=CN(C)C)C2=O. The van der Waals surface area contributed by atoms with Crippen LogP contribution in [0.3, 0.4) is 0 Å². The van der Waals surface area contributed by atoms with Crippen molar-refractivity contribution in [3.05, 3.63) is 34.8 Å². The van der Waals surface area contributed by atoms with Crippen molar-refractivity contribution in [2.75, 3.05) is 21.2 Å². The largest absolute Gasteiger partial charge is 0.465 e. The number of nitrogens with one attached hydrogen (secondary N) is 1. The number of hydrogen-bond donors (Lipinski definition) is 1. The molecule has 0 aliphatic heterocycles. The number of H-pyrrole nitrogens is 1. The van der Waals surface area contributed by atoms with E-state index in [4.69, 9.17) is 4.74 Å². The number of ketones is 1. The Balaban J connectivity index is 2.38. The molecule has 0 spiro atoms. The average molecular weight is 248 g/mol. The summed E-state index contributed by atoms with van der Waals surface area (Å²) in [5, 5.41) is 0. The smallest absolute Gasteiger partial charge is 0.339 e. The number of carbonyl (C=O) groups is 2. The molecule has 18 heavy (non-hydrogen) atoms. The van der Waals surface area contributed by atoms with Gasteiger partial charge in [-0.1, -0.05) is 0 Å². The maximum Gasteiger partial charge on any atom is 0.339 e. The molecule has 2 rings (SSSR count). The summed E-state index contributed by atoms with van der Waals surface area (Å²) in [7, 11) is 5.10. The maximum absolute atomic E-state index is 12.2. The molecule has 1 aromatic heterocycles. The van der Waals surface area contributed by atoms with Crippen molar-refractivity contribution in [2.45, 2.75) is 12.8 Å². The van der Waals surface area contributed by atoms with Crippen LogP contribution >= 0.6 is 0 Å². The van der Waals surface area contributed by atoms with Crippen LogP contribution < -0.4 is 0 Å². The van der Waals surface area contributed by atoms with Crippen LogP contribution in [-0.2, 0) is 11.2 Å². The molecule has 0 unspecified atom stereocenters. The Morgan fingerprint density at radius 3 is 2.78 bits per heavy atom. The molecule has 5 nitrogen and oxygen atoms in total. The zero-order chi connectivity index (χ0) is 13.3. The van der Waals surface area contributed by atoms with E-state index in [1.54, 1.807) is 6.20 Å². The van der Waals surface area contributed by atoms with Gasteiger partial charge in [-0.05, 0) is 18.4 Å². The quantitative estimate of drug-likeness (QED) is 0.634. The van der Waals surface area contributed by atoms with Gasteiger partial charge >= 0.3 is 5.97 Å². The highest BCUT2D eigenvalue weighted by Crippen LogP contribution is 2.27. The third kappa shape index (κ3) is 2.03. The fourth-order valence-electron chi connectivity index (χ4n) is 2.18. The molecule has 0 fully saturated rings. The van der Waals surface area contributed by atoms with Gasteiger partial charge in [-0.3, -0.25) is 4.79 Å². The monoisotopic (exact) mass is 248 g/mol. The lowest BCUT2D eigenvalue weighted by molar-refractivity contribution is 0.0600. The number of hydrogen-bond acceptors (Lipinski definition) is 4. The third-order valence-electron chi connectivity index (χ3n) is 2.97. The highest BCUT2D eigenvalue weighted by Gasteiger charge is 2.28. The highest BCUT2D eigenvalue weighted by atomic mass is 16.5. The van der Waals surface area contributed by atoms with Gasteiger partial charge in [0.05, 0.1) is 18.4 Å². The fraction of sp³-hybridized carbons (Fsp3) is 0.385. The van der Waals surface area contributed by atoms with Gasteiger partial charge in [0.15, 0.2) is 0 Å². The number of aromatic amines is 1. The summed E-state index contributed by atoms with van der Waals surface area (Å²) in [6.07, 6.45) is 4.69. The zero-order valence-corrected chi connectivity index (χ0v) is 10.7. The van der Waals surface area contributed by atoms with Gasteiger partial charge in [0.2, 0.25) is 5.78 Å². The van der Waals surface area contributed by atoms with Gasteiger partial charge in [0.1, 0.15) is 0 Å². The number of ether oxygens (including phenoxy) is 1. The first-order valence-corrected chi connectivity index (χ1v) is 5.75. The average Bonchev–Trinajstić information content (AvgIpc) is 2.76. The molecule has 1 aliphatic carbocycles. The standard InChI is InChI=1S/C13H16N2O3/c1-15(2)7-8-4-5-9-10(13(17)18-3)6-14-11(9)12(8)16/h6-7,14H,4-5H2,1-3H3. The molecule has 1 aliphatic rings. The number of rotatable bonds is 2. The Labute approximate surface area is 105 Å². The molecular formula is C13H16N2O3. The van der Waals surface area contributed by atoms with Crippen LogP contribution in [-0.4, -0.2) is 42.8 Å². The second kappa shape index (κ2) is 4.68. The summed E-state index contributed by atoms with van der Waals surface area (Å²) in [4.78, 5) is 28.5. The first-order chi connectivity index (χ1) is 8.54. The van der Waals surface area contributed by atoms with Gasteiger partial charge in [-0.15, -0.1) is 0 Å². The molecule has 1 aromatic rings. The van der Waals surface area contributed by atoms with Crippen LogP contribution in [0.4, 0.5) is 0 Å². The minimum atomic E-state index is -0.402. The summed E-state index contributed by atoms with van der Waals surface area (Å²) < 4.78 is 4.69. The van der Waals surface area contributed by atoms with Crippen LogP contribution in [0.25, 0.3) is 0 Å². The predicted molar refractivity (Wildman–Crippen MR) is 66.6 cm³/mol. The fourth-order valence-corrected chi connectivity index (χ4v) is 2.18. The summed E-state index contributed by atoms with van der Waals surface area (Å²) >= 11 is 0. The lowest BCUT2D eigenvalue weighted by Crippen LogP contribution is -2.18. The van der Waals surface area contributed by atoms with Crippen molar-refractivity contribution in [3.63, 3.8) is 0 Å². The second-order valence-corrected chi connectivity index (χ2v) is 4.49. The van der Waals surface area contributed by atoms with E-state index in [0.29, 0.717) is 24.1 Å². The lowest BCUT2D eigenvalue weighted by Gasteiger charge is -2.16. The van der Waals surface area contributed by atoms with Crippen molar-refractivity contribution in [3.8, 4) is 0 Å². The van der Waals surface area contributed by atoms with Crippen LogP contribution in [0.1, 0.15) is 32.8 Å². The third-order valence-corrected chi connectivity index (χ3v) is 2.97. The Hall–Kier alpha value is -2.04. The van der Waals surface area contributed by atoms with Crippen LogP contribution in [0.5, 0.6) is 0 Å². The summed E-state index contributed by atoms with van der Waals surface area (Å²) in [5.74, 6) is -0.444. The number of esters is 1. The minimum Gasteiger partial charge on any atom is -0.465 e. The number of Topliss-reactive ketones (excluding diaryl/α,β-unsaturated/α-hetero) is 1. The van der Waals surface area contributed by atoms with Gasteiger partial charge in [-0.2, -0.15) is 0 Å². The Bertz CT molecular complexity index is 526. The van der Waals surface area contributed by atoms with Gasteiger partial charge < -0.3 is 14.6 Å². The number of nitrogens with zero attached hydrogens (tertiary/aromatic N) is 1. The van der Waals surface area contributed by atoms with Crippen LogP contribution in [0, 0.1) is 0 Å². The van der Waals surface area contributed by atoms with Gasteiger partial charge in [0, 0.05) is 32.1 Å². The molecule has 1 N–H and O–H groups in total. The lowest BCUT2D eigenvalue weighted by atomic mass is 9.90. The van der Waals surface area contributed by atoms with E-state index in [-0.39, 0.29) is 5.78 Å². The maximum atomic E-state index is 12.2. The normalized spacial score (nSPS) is 16.6. The van der Waals surface area contributed by atoms with E-state index in [9.17, 15) is 9.59 Å². The van der Waals surface area contributed by atoms with Crippen LogP contribution in [0.2, 0.25) is 0 Å². The highest BCUT2D eigenvalue weighted by molar-refractivity contribution is 6.11. The first-order valence-electron chi connectivity index (χ1n) is 5.75. The summed E-state index contributed by atoms with van der Waals surface area (Å²) in [6, 6.07) is 0. The molecule has 0 bridgehead atoms. The molecule has 0 atom stereocenters. The predicted octanol–water partition coefficient (Wildman–Crippen LogP) is 1.38. The zero-order valence-electron chi connectivity index (χ0n) is 10.7. The number of aromatic nitrogens is 1. The molecule has 0 radical (unpaired) electrons. The van der Waals surface area contributed by atoms with Crippen molar-refractivity contribution in [2.24, 2.45) is 0 Å². The van der Waals surface area contributed by atoms with Crippen molar-refractivity contribution in [1.29, 1.82) is 0 Å². The van der Waals surface area contributed by atoms with Crippen LogP contribution in [0.15, 0.2) is 18.0 Å². The van der Waals surface area contributed by atoms with E-state index in [1.807, 2.05) is 25.2 Å². The topological polar surface area (TPSA) is 62.4 Å². The Kier molecular flexibility index (Phi) is 3.23. The van der Waals surface area contributed by atoms with Crippen molar-refractivity contribution >= 4 is 11.8 Å². The first kappa shape index (κ1) is 12.4. The van der Waals surface area contributed by atoms with E-state index < -0.39 is 5.97 Å². The summed E-state index contributed by atoms with van der Waals surface area (Å²) in [5.41, 5.74) is 2.49. The van der Waals surface area contributed by atoms with E-state index in [1.165, 1.54) is 7.11 Å². The van der Waals surface area contributed by atoms with Crippen molar-refractivity contribution < 1.29 is 14.3 Å². The molecule has 96 valence electrons. The molecule has 0 aromatic carbocycles. The Morgan fingerprint density at radius 2 is 2.17 bits per heavy atom. The summed E-state index contributed by atoms with van der Waals surface area (Å²) in [6.45, 7) is 0. The molecule has 5 heteroatoms. The van der Waals surface area contributed by atoms with E-state index in [0.717, 1.165) is 11.1 Å². The molecular weight excluding hydrogens is 232 g/mol. The molecule has 1 heterocycles. The minimum absolute atomic E-state index is 0.0416. The van der Waals surface area contributed by atoms with E-state index >= 15 is 0 Å². The van der Waals surface area contributed by atoms with E-state index in [2.05, 4.69) is 4.98 Å². The van der Waals surface area contributed by atoms with Gasteiger partial charge in [0.25, 0.3) is 0 Å². The Morgan fingerprint density at radius 1 is 1.44 bits per heavy atom. The molecule has 0 amide bonds. The molecule has 0 saturated carbocycles. The number of carbonyl (C=O) groups excluding carboxylic acids is 2. The number of methoxy groups -OCH3 is 1.